The molecule has 0 aliphatic carbocycles. The van der Waals surface area contributed by atoms with E-state index in [4.69, 9.17) is 9.47 Å². The SMILES string of the molecule is C=CCc1ccccc1OCC(C)NCCOC(c1ccccc1)c1ccccc1. The van der Waals surface area contributed by atoms with Crippen molar-refractivity contribution < 1.29 is 9.47 Å². The second-order valence-electron chi connectivity index (χ2n) is 7.34. The van der Waals surface area contributed by atoms with Crippen LogP contribution in [0.15, 0.2) is 97.6 Å². The van der Waals surface area contributed by atoms with E-state index in [1.54, 1.807) is 0 Å². The smallest absolute Gasteiger partial charge is 0.122 e. The van der Waals surface area contributed by atoms with Crippen LogP contribution in [-0.4, -0.2) is 25.8 Å². The molecule has 3 aromatic rings. The second-order valence-corrected chi connectivity index (χ2v) is 7.34. The molecule has 1 atom stereocenters. The Bertz CT molecular complexity index is 840. The van der Waals surface area contributed by atoms with E-state index in [0.717, 1.165) is 24.3 Å². The van der Waals surface area contributed by atoms with E-state index in [1.807, 2.05) is 36.4 Å². The monoisotopic (exact) mass is 401 g/mol. The van der Waals surface area contributed by atoms with Crippen LogP contribution in [-0.2, 0) is 11.2 Å². The van der Waals surface area contributed by atoms with Crippen LogP contribution in [0.2, 0.25) is 0 Å². The third-order valence-electron chi connectivity index (χ3n) is 4.91. The third kappa shape index (κ3) is 6.58. The van der Waals surface area contributed by atoms with Gasteiger partial charge in [0.2, 0.25) is 0 Å². The van der Waals surface area contributed by atoms with Gasteiger partial charge in [0, 0.05) is 12.6 Å². The highest BCUT2D eigenvalue weighted by Gasteiger charge is 2.14. The van der Waals surface area contributed by atoms with Crippen molar-refractivity contribution in [2.75, 3.05) is 19.8 Å². The van der Waals surface area contributed by atoms with Crippen molar-refractivity contribution in [2.24, 2.45) is 0 Å². The Labute approximate surface area is 180 Å². The zero-order valence-electron chi connectivity index (χ0n) is 17.7. The number of para-hydroxylation sites is 1. The molecule has 156 valence electrons. The minimum Gasteiger partial charge on any atom is -0.492 e. The van der Waals surface area contributed by atoms with Gasteiger partial charge in [-0.2, -0.15) is 0 Å². The summed E-state index contributed by atoms with van der Waals surface area (Å²) in [5, 5.41) is 3.49. The minimum atomic E-state index is -0.0634. The molecule has 3 rings (SSSR count). The molecule has 0 radical (unpaired) electrons. The average Bonchev–Trinajstić information content (AvgIpc) is 2.80. The molecule has 0 aromatic heterocycles. The van der Waals surface area contributed by atoms with Gasteiger partial charge in [0.15, 0.2) is 0 Å². The van der Waals surface area contributed by atoms with Gasteiger partial charge in [0.05, 0.1) is 6.61 Å². The highest BCUT2D eigenvalue weighted by Crippen LogP contribution is 2.25. The van der Waals surface area contributed by atoms with E-state index >= 15 is 0 Å². The van der Waals surface area contributed by atoms with Crippen LogP contribution in [0.5, 0.6) is 5.75 Å². The Morgan fingerprint density at radius 1 is 0.867 bits per heavy atom. The van der Waals surface area contributed by atoms with E-state index < -0.39 is 0 Å². The maximum atomic E-state index is 6.26. The molecule has 0 aliphatic rings. The van der Waals surface area contributed by atoms with E-state index in [-0.39, 0.29) is 12.1 Å². The molecule has 0 spiro atoms. The molecule has 0 saturated carbocycles. The fourth-order valence-corrected chi connectivity index (χ4v) is 3.37. The highest BCUT2D eigenvalue weighted by molar-refractivity contribution is 5.34. The summed E-state index contributed by atoms with van der Waals surface area (Å²) in [5.74, 6) is 0.926. The second kappa shape index (κ2) is 12.0. The first-order valence-electron chi connectivity index (χ1n) is 10.5. The molecule has 0 bridgehead atoms. The van der Waals surface area contributed by atoms with Crippen molar-refractivity contribution in [3.63, 3.8) is 0 Å². The number of nitrogens with one attached hydrogen (secondary N) is 1. The lowest BCUT2D eigenvalue weighted by molar-refractivity contribution is 0.0797. The Morgan fingerprint density at radius 3 is 2.10 bits per heavy atom. The maximum absolute atomic E-state index is 6.26. The largest absolute Gasteiger partial charge is 0.492 e. The van der Waals surface area contributed by atoms with Crippen molar-refractivity contribution >= 4 is 0 Å². The van der Waals surface area contributed by atoms with Crippen molar-refractivity contribution in [1.29, 1.82) is 0 Å². The molecule has 30 heavy (non-hydrogen) atoms. The Kier molecular flexibility index (Phi) is 8.70. The molecule has 0 heterocycles. The number of ether oxygens (including phenoxy) is 2. The zero-order valence-corrected chi connectivity index (χ0v) is 17.7. The lowest BCUT2D eigenvalue weighted by atomic mass is 10.0. The number of hydrogen-bond acceptors (Lipinski definition) is 3. The molecule has 0 fully saturated rings. The number of allylic oxidation sites excluding steroid dienone is 1. The van der Waals surface area contributed by atoms with Gasteiger partial charge in [-0.3, -0.25) is 0 Å². The predicted octanol–water partition coefficient (Wildman–Crippen LogP) is 5.58. The predicted molar refractivity (Wildman–Crippen MR) is 124 cm³/mol. The van der Waals surface area contributed by atoms with Crippen molar-refractivity contribution in [3.8, 4) is 5.75 Å². The van der Waals surface area contributed by atoms with Crippen LogP contribution in [0.25, 0.3) is 0 Å². The summed E-state index contributed by atoms with van der Waals surface area (Å²) in [5.41, 5.74) is 3.49. The summed E-state index contributed by atoms with van der Waals surface area (Å²) in [6.07, 6.45) is 2.65. The molecular formula is C27H31NO2. The molecule has 0 aliphatic heterocycles. The summed E-state index contributed by atoms with van der Waals surface area (Å²) < 4.78 is 12.3. The van der Waals surface area contributed by atoms with Crippen LogP contribution in [0.3, 0.4) is 0 Å². The van der Waals surface area contributed by atoms with Crippen LogP contribution in [0.4, 0.5) is 0 Å². The van der Waals surface area contributed by atoms with Gasteiger partial charge in [0.1, 0.15) is 18.5 Å². The summed E-state index contributed by atoms with van der Waals surface area (Å²) >= 11 is 0. The van der Waals surface area contributed by atoms with Gasteiger partial charge < -0.3 is 14.8 Å². The Hall–Kier alpha value is -2.88. The van der Waals surface area contributed by atoms with Crippen molar-refractivity contribution in [1.82, 2.24) is 5.32 Å². The van der Waals surface area contributed by atoms with Gasteiger partial charge >= 0.3 is 0 Å². The molecule has 3 aromatic carbocycles. The van der Waals surface area contributed by atoms with Gasteiger partial charge in [0.25, 0.3) is 0 Å². The lowest BCUT2D eigenvalue weighted by Crippen LogP contribution is -2.34. The number of hydrogen-bond donors (Lipinski definition) is 1. The standard InChI is InChI=1S/C27H31NO2/c1-3-12-23-13-10-11-18-26(23)30-21-22(2)28-19-20-29-27(24-14-6-4-7-15-24)25-16-8-5-9-17-25/h3-11,13-18,22,27-28H,1,12,19-21H2,2H3. The molecule has 3 heteroatoms. The number of rotatable bonds is 12. The molecule has 0 amide bonds. The van der Waals surface area contributed by atoms with Crippen LogP contribution in [0, 0.1) is 0 Å². The van der Waals surface area contributed by atoms with Gasteiger partial charge in [-0.15, -0.1) is 6.58 Å². The summed E-state index contributed by atoms with van der Waals surface area (Å²) in [6.45, 7) is 7.93. The summed E-state index contributed by atoms with van der Waals surface area (Å²) in [6, 6.07) is 29.1. The normalized spacial score (nSPS) is 11.9. The van der Waals surface area contributed by atoms with Crippen LogP contribution < -0.4 is 10.1 Å². The zero-order chi connectivity index (χ0) is 21.0. The molecule has 1 unspecified atom stereocenters. The van der Waals surface area contributed by atoms with Gasteiger partial charge in [-0.1, -0.05) is 84.9 Å². The van der Waals surface area contributed by atoms with E-state index in [9.17, 15) is 0 Å². The van der Waals surface area contributed by atoms with Crippen molar-refractivity contribution in [2.45, 2.75) is 25.5 Å². The number of benzene rings is 3. The molecule has 1 N–H and O–H groups in total. The first-order valence-corrected chi connectivity index (χ1v) is 10.5. The molecule has 0 saturated heterocycles. The van der Waals surface area contributed by atoms with E-state index in [2.05, 4.69) is 73.4 Å². The van der Waals surface area contributed by atoms with E-state index in [1.165, 1.54) is 11.1 Å². The fourth-order valence-electron chi connectivity index (χ4n) is 3.37. The van der Waals surface area contributed by atoms with Crippen LogP contribution >= 0.6 is 0 Å². The minimum absolute atomic E-state index is 0.0634. The van der Waals surface area contributed by atoms with Gasteiger partial charge in [-0.05, 0) is 36.1 Å². The Balaban J connectivity index is 1.47. The topological polar surface area (TPSA) is 30.5 Å². The average molecular weight is 402 g/mol. The lowest BCUT2D eigenvalue weighted by Gasteiger charge is -2.21. The molecular weight excluding hydrogens is 370 g/mol. The summed E-state index contributed by atoms with van der Waals surface area (Å²) in [7, 11) is 0. The van der Waals surface area contributed by atoms with Crippen LogP contribution in [0.1, 0.15) is 29.7 Å². The third-order valence-corrected chi connectivity index (χ3v) is 4.91. The first-order chi connectivity index (χ1) is 14.8. The quantitative estimate of drug-likeness (QED) is 0.317. The highest BCUT2D eigenvalue weighted by atomic mass is 16.5. The Morgan fingerprint density at radius 2 is 1.47 bits per heavy atom. The van der Waals surface area contributed by atoms with E-state index in [0.29, 0.717) is 13.2 Å². The van der Waals surface area contributed by atoms with Crippen molar-refractivity contribution in [3.05, 3.63) is 114 Å². The fraction of sp³-hybridized carbons (Fsp3) is 0.259. The maximum Gasteiger partial charge on any atom is 0.122 e. The molecule has 3 nitrogen and oxygen atoms in total. The first kappa shape index (κ1) is 21.8. The summed E-state index contributed by atoms with van der Waals surface area (Å²) in [4.78, 5) is 0. The van der Waals surface area contributed by atoms with Gasteiger partial charge in [-0.25, -0.2) is 0 Å².